The van der Waals surface area contributed by atoms with Gasteiger partial charge in [0.2, 0.25) is 0 Å². The molecule has 184 valence electrons. The van der Waals surface area contributed by atoms with Crippen LogP contribution in [-0.2, 0) is 18.5 Å². The van der Waals surface area contributed by atoms with E-state index in [9.17, 15) is 8.78 Å². The van der Waals surface area contributed by atoms with Crippen molar-refractivity contribution >= 4 is 23.6 Å². The van der Waals surface area contributed by atoms with Gasteiger partial charge >= 0.3 is 0 Å². The Morgan fingerprint density at radius 1 is 1.23 bits per heavy atom. The highest BCUT2D eigenvalue weighted by Crippen LogP contribution is 2.53. The van der Waals surface area contributed by atoms with Gasteiger partial charge in [-0.15, -0.1) is 10.2 Å². The number of hydrogen-bond donors (Lipinski definition) is 3. The summed E-state index contributed by atoms with van der Waals surface area (Å²) in [6.45, 7) is 2.33. The van der Waals surface area contributed by atoms with Gasteiger partial charge in [-0.1, -0.05) is 18.0 Å². The average molecular weight is 501 g/mol. The topological polar surface area (TPSA) is 96.4 Å². The maximum absolute atomic E-state index is 14.7. The number of aryl methyl sites for hydroxylation is 1. The van der Waals surface area contributed by atoms with Gasteiger partial charge in [-0.25, -0.2) is 13.8 Å². The Morgan fingerprint density at radius 3 is 2.69 bits per heavy atom. The summed E-state index contributed by atoms with van der Waals surface area (Å²) in [4.78, 5) is 4.33. The first kappa shape index (κ1) is 23.5. The first-order valence-electron chi connectivity index (χ1n) is 11.6. The van der Waals surface area contributed by atoms with E-state index in [0.29, 0.717) is 47.7 Å². The van der Waals surface area contributed by atoms with Crippen molar-refractivity contribution in [2.24, 2.45) is 0 Å². The molecule has 3 aromatic heterocycles. The fraction of sp³-hybridized carbons (Fsp3) is 0.417. The van der Waals surface area contributed by atoms with Gasteiger partial charge in [-0.05, 0) is 37.5 Å². The lowest BCUT2D eigenvalue weighted by Gasteiger charge is -2.44. The number of aromatic nitrogens is 5. The summed E-state index contributed by atoms with van der Waals surface area (Å²) in [5.41, 5.74) is 1.23. The molecule has 3 aromatic rings. The van der Waals surface area contributed by atoms with Crippen LogP contribution < -0.4 is 10.6 Å². The van der Waals surface area contributed by atoms with Crippen LogP contribution in [0.15, 0.2) is 36.4 Å². The molecule has 1 saturated carbocycles. The second kappa shape index (κ2) is 8.75. The molecule has 2 aliphatic rings. The second-order valence-electron chi connectivity index (χ2n) is 9.16. The van der Waals surface area contributed by atoms with Crippen molar-refractivity contribution in [1.29, 1.82) is 5.41 Å². The third-order valence-electron chi connectivity index (χ3n) is 7.08. The molecule has 0 radical (unpaired) electrons. The quantitative estimate of drug-likeness (QED) is 0.394. The van der Waals surface area contributed by atoms with Crippen LogP contribution in [0.25, 0.3) is 22.6 Å². The monoisotopic (exact) mass is 500 g/mol. The second-order valence-corrected chi connectivity index (χ2v) is 9.56. The minimum atomic E-state index is -2.86. The maximum Gasteiger partial charge on any atom is 0.257 e. The van der Waals surface area contributed by atoms with E-state index in [4.69, 9.17) is 17.0 Å². The van der Waals surface area contributed by atoms with Gasteiger partial charge in [0, 0.05) is 56.8 Å². The van der Waals surface area contributed by atoms with E-state index in [1.54, 1.807) is 19.3 Å². The molecule has 35 heavy (non-hydrogen) atoms. The first-order valence-corrected chi connectivity index (χ1v) is 12.0. The van der Waals surface area contributed by atoms with Gasteiger partial charge in [0.05, 0.1) is 16.1 Å². The van der Waals surface area contributed by atoms with Crippen LogP contribution in [0.4, 0.5) is 14.6 Å². The summed E-state index contributed by atoms with van der Waals surface area (Å²) in [6.07, 6.45) is 8.72. The van der Waals surface area contributed by atoms with Crippen LogP contribution in [0.5, 0.6) is 0 Å². The molecule has 1 aliphatic heterocycles. The predicted molar refractivity (Wildman–Crippen MR) is 132 cm³/mol. The number of pyridine rings is 1. The molecule has 0 spiro atoms. The molecule has 5 rings (SSSR count). The Kier molecular flexibility index (Phi) is 5.86. The molecule has 1 fully saturated rings. The summed E-state index contributed by atoms with van der Waals surface area (Å²) in [5, 5.41) is 22.6. The van der Waals surface area contributed by atoms with Crippen LogP contribution in [0, 0.1) is 5.41 Å². The molecule has 0 unspecified atom stereocenters. The Morgan fingerprint density at radius 2 is 2.03 bits per heavy atom. The molecule has 0 saturated heterocycles. The SMILES string of the molecule is CN/C(=C\C=N)Nc1cc(-c2cc3n(c2)CCCn2c-3nnc2C2(C(C)(F)F)CCC2)c(Cl)cn1. The van der Waals surface area contributed by atoms with E-state index in [0.717, 1.165) is 43.1 Å². The third kappa shape index (κ3) is 3.89. The van der Waals surface area contributed by atoms with Crippen LogP contribution in [0.1, 0.15) is 38.4 Å². The average Bonchev–Trinajstić information content (AvgIpc) is 3.34. The highest BCUT2D eigenvalue weighted by Gasteiger charge is 2.58. The van der Waals surface area contributed by atoms with Crippen LogP contribution >= 0.6 is 11.6 Å². The van der Waals surface area contributed by atoms with Gasteiger partial charge < -0.3 is 25.2 Å². The molecule has 0 atom stereocenters. The predicted octanol–water partition coefficient (Wildman–Crippen LogP) is 5.06. The number of allylic oxidation sites excluding steroid dienone is 1. The van der Waals surface area contributed by atoms with Gasteiger partial charge in [-0.2, -0.15) is 0 Å². The van der Waals surface area contributed by atoms with E-state index in [1.807, 2.05) is 22.9 Å². The molecule has 1 aliphatic carbocycles. The lowest BCUT2D eigenvalue weighted by atomic mass is 9.64. The van der Waals surface area contributed by atoms with Crippen molar-refractivity contribution in [3.05, 3.63) is 47.3 Å². The molecule has 4 heterocycles. The number of nitrogens with one attached hydrogen (secondary N) is 3. The van der Waals surface area contributed by atoms with E-state index < -0.39 is 11.3 Å². The van der Waals surface area contributed by atoms with E-state index >= 15 is 0 Å². The van der Waals surface area contributed by atoms with Crippen molar-refractivity contribution in [3.8, 4) is 22.6 Å². The zero-order chi connectivity index (χ0) is 24.8. The summed E-state index contributed by atoms with van der Waals surface area (Å²) < 4.78 is 33.4. The zero-order valence-electron chi connectivity index (χ0n) is 19.6. The number of fused-ring (bicyclic) bond motifs is 3. The highest BCUT2D eigenvalue weighted by molar-refractivity contribution is 6.33. The maximum atomic E-state index is 14.7. The highest BCUT2D eigenvalue weighted by atomic mass is 35.5. The van der Waals surface area contributed by atoms with E-state index in [-0.39, 0.29) is 0 Å². The zero-order valence-corrected chi connectivity index (χ0v) is 20.3. The number of anilines is 1. The Labute approximate surface area is 206 Å². The lowest BCUT2D eigenvalue weighted by molar-refractivity contribution is -0.102. The van der Waals surface area contributed by atoms with Crippen LogP contribution in [-0.4, -0.2) is 43.5 Å². The van der Waals surface area contributed by atoms with Crippen molar-refractivity contribution < 1.29 is 8.78 Å². The fourth-order valence-corrected chi connectivity index (χ4v) is 5.23. The number of rotatable bonds is 7. The first-order chi connectivity index (χ1) is 16.8. The van der Waals surface area contributed by atoms with Gasteiger partial charge in [-0.3, -0.25) is 0 Å². The van der Waals surface area contributed by atoms with Crippen molar-refractivity contribution in [2.45, 2.75) is 57.0 Å². The number of hydrogen-bond acceptors (Lipinski definition) is 6. The van der Waals surface area contributed by atoms with Crippen LogP contribution in [0.3, 0.4) is 0 Å². The Bertz CT molecular complexity index is 1300. The molecule has 11 heteroatoms. The molecule has 0 amide bonds. The van der Waals surface area contributed by atoms with Gasteiger partial charge in [0.25, 0.3) is 5.92 Å². The normalized spacial score (nSPS) is 17.1. The summed E-state index contributed by atoms with van der Waals surface area (Å²) in [5.74, 6) is -0.675. The summed E-state index contributed by atoms with van der Waals surface area (Å²) in [7, 11) is 1.75. The van der Waals surface area contributed by atoms with E-state index in [2.05, 4.69) is 30.4 Å². The minimum Gasteiger partial charge on any atom is -0.375 e. The Balaban J connectivity index is 1.55. The molecule has 8 nitrogen and oxygen atoms in total. The summed E-state index contributed by atoms with van der Waals surface area (Å²) in [6, 6.07) is 3.81. The van der Waals surface area contributed by atoms with Crippen molar-refractivity contribution in [2.75, 3.05) is 12.4 Å². The molecule has 0 bridgehead atoms. The number of halogens is 3. The molecule has 3 N–H and O–H groups in total. The van der Waals surface area contributed by atoms with Gasteiger partial charge in [0.1, 0.15) is 17.5 Å². The van der Waals surface area contributed by atoms with Crippen molar-refractivity contribution in [1.82, 2.24) is 29.6 Å². The molecule has 0 aromatic carbocycles. The number of alkyl halides is 2. The van der Waals surface area contributed by atoms with Crippen LogP contribution in [0.2, 0.25) is 5.02 Å². The van der Waals surface area contributed by atoms with Crippen molar-refractivity contribution in [3.63, 3.8) is 0 Å². The standard InChI is InChI=1S/C24H27ClF2N8/c1-23(26,27)24(6-3-7-24)22-33-32-21-18-11-15(14-34(18)9-4-10-35(21)22)16-12-20(30-13-17(16)25)31-19(29-2)5-8-28/h5,8,11-14,28-29H,3-4,6-7,9-10H2,1-2H3,(H,30,31)/b19-5+,28-8?. The Hall–Kier alpha value is -3.27. The fourth-order valence-electron chi connectivity index (χ4n) is 5.01. The smallest absolute Gasteiger partial charge is 0.257 e. The molecular formula is C24H27ClF2N8. The minimum absolute atomic E-state index is 0.397. The number of nitrogens with zero attached hydrogens (tertiary/aromatic N) is 5. The third-order valence-corrected chi connectivity index (χ3v) is 7.38. The molecular weight excluding hydrogens is 474 g/mol. The summed E-state index contributed by atoms with van der Waals surface area (Å²) >= 11 is 6.52. The van der Waals surface area contributed by atoms with E-state index in [1.165, 1.54) is 6.21 Å². The van der Waals surface area contributed by atoms with Gasteiger partial charge in [0.15, 0.2) is 5.82 Å². The lowest BCUT2D eigenvalue weighted by Crippen LogP contribution is -2.50. The largest absolute Gasteiger partial charge is 0.375 e.